The SMILES string of the molecule is CCc1nn(-c2ccc(F)c(Cl)c2)c2c1CNCC2. The summed E-state index contributed by atoms with van der Waals surface area (Å²) in [5, 5.41) is 8.14. The fourth-order valence-corrected chi connectivity index (χ4v) is 2.71. The first-order valence-corrected chi connectivity index (χ1v) is 6.84. The van der Waals surface area contributed by atoms with Gasteiger partial charge in [0.1, 0.15) is 5.82 Å². The molecule has 0 aliphatic carbocycles. The molecule has 1 N–H and O–H groups in total. The van der Waals surface area contributed by atoms with Gasteiger partial charge in [0, 0.05) is 25.1 Å². The zero-order valence-electron chi connectivity index (χ0n) is 10.7. The molecule has 19 heavy (non-hydrogen) atoms. The minimum atomic E-state index is -0.399. The maximum absolute atomic E-state index is 13.3. The number of rotatable bonds is 2. The van der Waals surface area contributed by atoms with Gasteiger partial charge in [0.15, 0.2) is 0 Å². The van der Waals surface area contributed by atoms with Crippen LogP contribution >= 0.6 is 11.6 Å². The highest BCUT2D eigenvalue weighted by atomic mass is 35.5. The van der Waals surface area contributed by atoms with E-state index in [1.54, 1.807) is 12.1 Å². The molecule has 1 aliphatic rings. The van der Waals surface area contributed by atoms with Crippen LogP contribution < -0.4 is 5.32 Å². The fraction of sp³-hybridized carbons (Fsp3) is 0.357. The first-order chi connectivity index (χ1) is 9.20. The van der Waals surface area contributed by atoms with Crippen LogP contribution in [0, 0.1) is 5.82 Å². The van der Waals surface area contributed by atoms with Gasteiger partial charge < -0.3 is 5.32 Å². The molecular formula is C14H15ClFN3. The van der Waals surface area contributed by atoms with Crippen molar-refractivity contribution >= 4 is 11.6 Å². The molecule has 0 radical (unpaired) electrons. The number of halogens is 2. The highest BCUT2D eigenvalue weighted by molar-refractivity contribution is 6.30. The number of aromatic nitrogens is 2. The van der Waals surface area contributed by atoms with E-state index in [9.17, 15) is 4.39 Å². The van der Waals surface area contributed by atoms with Gasteiger partial charge in [0.25, 0.3) is 0 Å². The third-order valence-corrected chi connectivity index (χ3v) is 3.79. The Morgan fingerprint density at radius 3 is 3.05 bits per heavy atom. The minimum Gasteiger partial charge on any atom is -0.312 e. The monoisotopic (exact) mass is 279 g/mol. The van der Waals surface area contributed by atoms with E-state index in [1.807, 2.05) is 4.68 Å². The topological polar surface area (TPSA) is 29.9 Å². The van der Waals surface area contributed by atoms with E-state index in [-0.39, 0.29) is 5.02 Å². The van der Waals surface area contributed by atoms with Gasteiger partial charge >= 0.3 is 0 Å². The van der Waals surface area contributed by atoms with E-state index in [2.05, 4.69) is 17.3 Å². The number of nitrogens with zero attached hydrogens (tertiary/aromatic N) is 2. The van der Waals surface area contributed by atoms with Crippen molar-refractivity contribution in [3.63, 3.8) is 0 Å². The summed E-state index contributed by atoms with van der Waals surface area (Å²) in [6, 6.07) is 4.74. The molecular weight excluding hydrogens is 265 g/mol. The van der Waals surface area contributed by atoms with Crippen molar-refractivity contribution < 1.29 is 4.39 Å². The molecule has 0 bridgehead atoms. The van der Waals surface area contributed by atoms with Crippen molar-refractivity contribution in [1.29, 1.82) is 0 Å². The highest BCUT2D eigenvalue weighted by Gasteiger charge is 2.20. The predicted molar refractivity (Wildman–Crippen MR) is 73.3 cm³/mol. The average Bonchev–Trinajstić information content (AvgIpc) is 2.81. The van der Waals surface area contributed by atoms with Crippen LogP contribution in [-0.4, -0.2) is 16.3 Å². The van der Waals surface area contributed by atoms with Crippen molar-refractivity contribution in [2.75, 3.05) is 6.54 Å². The summed E-state index contributed by atoms with van der Waals surface area (Å²) in [7, 11) is 0. The van der Waals surface area contributed by atoms with E-state index in [1.165, 1.54) is 17.3 Å². The molecule has 5 heteroatoms. The Hall–Kier alpha value is -1.39. The molecule has 3 nitrogen and oxygen atoms in total. The summed E-state index contributed by atoms with van der Waals surface area (Å²) in [4.78, 5) is 0. The zero-order valence-corrected chi connectivity index (χ0v) is 11.5. The molecule has 0 fully saturated rings. The molecule has 0 spiro atoms. The van der Waals surface area contributed by atoms with Crippen LogP contribution in [-0.2, 0) is 19.4 Å². The molecule has 1 aromatic carbocycles. The van der Waals surface area contributed by atoms with Gasteiger partial charge in [-0.15, -0.1) is 0 Å². The number of nitrogens with one attached hydrogen (secondary N) is 1. The van der Waals surface area contributed by atoms with Crippen molar-refractivity contribution in [1.82, 2.24) is 15.1 Å². The molecule has 2 aromatic rings. The Labute approximate surface area is 116 Å². The maximum Gasteiger partial charge on any atom is 0.141 e. The molecule has 0 saturated carbocycles. The molecule has 3 rings (SSSR count). The van der Waals surface area contributed by atoms with E-state index < -0.39 is 5.82 Å². The normalized spacial score (nSPS) is 14.5. The van der Waals surface area contributed by atoms with Crippen LogP contribution in [0.15, 0.2) is 18.2 Å². The van der Waals surface area contributed by atoms with Crippen molar-refractivity contribution in [2.24, 2.45) is 0 Å². The van der Waals surface area contributed by atoms with Crippen LogP contribution in [0.5, 0.6) is 0 Å². The first-order valence-electron chi connectivity index (χ1n) is 6.46. The summed E-state index contributed by atoms with van der Waals surface area (Å²) >= 11 is 5.86. The Morgan fingerprint density at radius 2 is 2.32 bits per heavy atom. The lowest BCUT2D eigenvalue weighted by molar-refractivity contribution is 0.618. The molecule has 0 unspecified atom stereocenters. The summed E-state index contributed by atoms with van der Waals surface area (Å²) in [5.41, 5.74) is 4.40. The van der Waals surface area contributed by atoms with Crippen molar-refractivity contribution in [2.45, 2.75) is 26.3 Å². The summed E-state index contributed by atoms with van der Waals surface area (Å²) < 4.78 is 15.2. The largest absolute Gasteiger partial charge is 0.312 e. The number of fused-ring (bicyclic) bond motifs is 1. The minimum absolute atomic E-state index is 0.133. The van der Waals surface area contributed by atoms with Crippen LogP contribution in [0.25, 0.3) is 5.69 Å². The van der Waals surface area contributed by atoms with Crippen LogP contribution in [0.1, 0.15) is 23.9 Å². The number of benzene rings is 1. The molecule has 2 heterocycles. The lowest BCUT2D eigenvalue weighted by Gasteiger charge is -2.15. The van der Waals surface area contributed by atoms with E-state index in [4.69, 9.17) is 11.6 Å². The Kier molecular flexibility index (Phi) is 3.29. The van der Waals surface area contributed by atoms with Crippen LogP contribution in [0.4, 0.5) is 4.39 Å². The number of hydrogen-bond donors (Lipinski definition) is 1. The summed E-state index contributed by atoms with van der Waals surface area (Å²) in [6.45, 7) is 3.89. The standard InChI is InChI=1S/C14H15ClFN3/c1-2-13-10-8-17-6-5-14(10)19(18-13)9-3-4-12(16)11(15)7-9/h3-4,7,17H,2,5-6,8H2,1H3. The van der Waals surface area contributed by atoms with E-state index in [0.717, 1.165) is 37.3 Å². The number of aryl methyl sites for hydroxylation is 1. The third kappa shape index (κ3) is 2.15. The molecule has 0 saturated heterocycles. The first kappa shape index (κ1) is 12.6. The molecule has 0 atom stereocenters. The second-order valence-corrected chi connectivity index (χ2v) is 5.07. The quantitative estimate of drug-likeness (QED) is 0.916. The Bertz CT molecular complexity index is 621. The zero-order chi connectivity index (χ0) is 13.4. The van der Waals surface area contributed by atoms with Gasteiger partial charge in [-0.3, -0.25) is 0 Å². The molecule has 1 aliphatic heterocycles. The Balaban J connectivity index is 2.14. The van der Waals surface area contributed by atoms with Gasteiger partial charge in [0.05, 0.1) is 22.1 Å². The summed E-state index contributed by atoms with van der Waals surface area (Å²) in [5.74, 6) is -0.399. The smallest absolute Gasteiger partial charge is 0.141 e. The Morgan fingerprint density at radius 1 is 1.47 bits per heavy atom. The molecule has 1 aromatic heterocycles. The van der Waals surface area contributed by atoms with Crippen molar-refractivity contribution in [3.05, 3.63) is 46.0 Å². The molecule has 100 valence electrons. The van der Waals surface area contributed by atoms with Crippen LogP contribution in [0.2, 0.25) is 5.02 Å². The lowest BCUT2D eigenvalue weighted by atomic mass is 10.1. The third-order valence-electron chi connectivity index (χ3n) is 3.50. The van der Waals surface area contributed by atoms with Gasteiger partial charge in [-0.2, -0.15) is 5.10 Å². The van der Waals surface area contributed by atoms with Crippen LogP contribution in [0.3, 0.4) is 0 Å². The summed E-state index contributed by atoms with van der Waals surface area (Å²) in [6.07, 6.45) is 1.82. The highest BCUT2D eigenvalue weighted by Crippen LogP contribution is 2.25. The average molecular weight is 280 g/mol. The van der Waals surface area contributed by atoms with Gasteiger partial charge in [0.2, 0.25) is 0 Å². The number of hydrogen-bond acceptors (Lipinski definition) is 2. The molecule has 0 amide bonds. The van der Waals surface area contributed by atoms with Gasteiger partial charge in [-0.05, 0) is 24.6 Å². The van der Waals surface area contributed by atoms with E-state index in [0.29, 0.717) is 0 Å². The second kappa shape index (κ2) is 4.94. The van der Waals surface area contributed by atoms with Gasteiger partial charge in [-0.25, -0.2) is 9.07 Å². The predicted octanol–water partition coefficient (Wildman–Crippen LogP) is 2.87. The van der Waals surface area contributed by atoms with Crippen molar-refractivity contribution in [3.8, 4) is 5.69 Å². The maximum atomic E-state index is 13.3. The van der Waals surface area contributed by atoms with E-state index >= 15 is 0 Å². The van der Waals surface area contributed by atoms with Gasteiger partial charge in [-0.1, -0.05) is 18.5 Å². The fourth-order valence-electron chi connectivity index (χ4n) is 2.53. The lowest BCUT2D eigenvalue weighted by Crippen LogP contribution is -2.24. The second-order valence-electron chi connectivity index (χ2n) is 4.66.